The van der Waals surface area contributed by atoms with Gasteiger partial charge in [0.25, 0.3) is 0 Å². The van der Waals surface area contributed by atoms with E-state index in [4.69, 9.17) is 0 Å². The van der Waals surface area contributed by atoms with Crippen molar-refractivity contribution >= 4 is 11.3 Å². The van der Waals surface area contributed by atoms with Gasteiger partial charge in [0.1, 0.15) is 11.6 Å². The Morgan fingerprint density at radius 2 is 0.952 bits per heavy atom. The van der Waals surface area contributed by atoms with Crippen LogP contribution in [0.25, 0.3) is 20.9 Å². The smallest absolute Gasteiger partial charge is 0.123 e. The molecule has 3 rings (SSSR count). The zero-order valence-electron chi connectivity index (χ0n) is 11.8. The van der Waals surface area contributed by atoms with Crippen molar-refractivity contribution in [2.45, 2.75) is 13.8 Å². The molecule has 0 aliphatic rings. The van der Waals surface area contributed by atoms with Crippen molar-refractivity contribution in [2.24, 2.45) is 0 Å². The van der Waals surface area contributed by atoms with E-state index in [2.05, 4.69) is 13.8 Å². The summed E-state index contributed by atoms with van der Waals surface area (Å²) in [6.07, 6.45) is 0. The molecule has 3 heteroatoms. The van der Waals surface area contributed by atoms with Gasteiger partial charge in [-0.05, 0) is 60.4 Å². The molecule has 0 fully saturated rings. The average Bonchev–Trinajstić information content (AvgIpc) is 2.78. The van der Waals surface area contributed by atoms with Crippen molar-refractivity contribution in [2.75, 3.05) is 0 Å². The Kier molecular flexibility index (Phi) is 3.60. The number of hydrogen-bond acceptors (Lipinski definition) is 1. The molecule has 0 saturated heterocycles. The predicted octanol–water partition coefficient (Wildman–Crippen LogP) is 5.98. The SMILES string of the molecule is Cc1c(-c2ccc(F)cc2)sc(-c2ccc(F)cc2)c1C. The van der Waals surface area contributed by atoms with E-state index in [9.17, 15) is 8.78 Å². The molecule has 3 aromatic rings. The second kappa shape index (κ2) is 5.41. The van der Waals surface area contributed by atoms with Gasteiger partial charge < -0.3 is 0 Å². The van der Waals surface area contributed by atoms with Crippen LogP contribution in [0.4, 0.5) is 8.78 Å². The van der Waals surface area contributed by atoms with E-state index in [-0.39, 0.29) is 11.6 Å². The third-order valence-electron chi connectivity index (χ3n) is 3.66. The molecule has 0 spiro atoms. The number of benzene rings is 2. The summed E-state index contributed by atoms with van der Waals surface area (Å²) in [4.78, 5) is 2.26. The second-order valence-corrected chi connectivity index (χ2v) is 6.04. The van der Waals surface area contributed by atoms with E-state index in [1.54, 1.807) is 35.6 Å². The molecule has 0 saturated carbocycles. The van der Waals surface area contributed by atoms with E-state index >= 15 is 0 Å². The number of halogens is 2. The molecule has 0 amide bonds. The Hall–Kier alpha value is -2.00. The van der Waals surface area contributed by atoms with Crippen LogP contribution >= 0.6 is 11.3 Å². The van der Waals surface area contributed by atoms with Crippen molar-refractivity contribution in [3.63, 3.8) is 0 Å². The van der Waals surface area contributed by atoms with E-state index in [1.165, 1.54) is 35.4 Å². The van der Waals surface area contributed by atoms with E-state index in [0.29, 0.717) is 0 Å². The van der Waals surface area contributed by atoms with Gasteiger partial charge in [-0.2, -0.15) is 0 Å². The highest BCUT2D eigenvalue weighted by atomic mass is 32.1. The van der Waals surface area contributed by atoms with Crippen LogP contribution in [0.2, 0.25) is 0 Å². The minimum absolute atomic E-state index is 0.233. The summed E-state index contributed by atoms with van der Waals surface area (Å²) >= 11 is 1.66. The molecule has 0 atom stereocenters. The molecular weight excluding hydrogens is 286 g/mol. The van der Waals surface area contributed by atoms with Crippen LogP contribution in [0.5, 0.6) is 0 Å². The fraction of sp³-hybridized carbons (Fsp3) is 0.111. The van der Waals surface area contributed by atoms with Crippen molar-refractivity contribution in [1.29, 1.82) is 0 Å². The largest absolute Gasteiger partial charge is 0.207 e. The van der Waals surface area contributed by atoms with E-state index < -0.39 is 0 Å². The van der Waals surface area contributed by atoms with Gasteiger partial charge in [-0.15, -0.1) is 11.3 Å². The maximum atomic E-state index is 13.1. The first-order valence-corrected chi connectivity index (χ1v) is 7.50. The van der Waals surface area contributed by atoms with Gasteiger partial charge in [-0.1, -0.05) is 24.3 Å². The molecule has 1 heterocycles. The highest BCUT2D eigenvalue weighted by Gasteiger charge is 2.14. The molecule has 0 unspecified atom stereocenters. The second-order valence-electron chi connectivity index (χ2n) is 5.02. The molecule has 1 aromatic heterocycles. The van der Waals surface area contributed by atoms with Crippen LogP contribution in [-0.4, -0.2) is 0 Å². The molecule has 0 radical (unpaired) electrons. The van der Waals surface area contributed by atoms with Crippen LogP contribution in [-0.2, 0) is 0 Å². The first-order chi connectivity index (χ1) is 10.1. The summed E-state index contributed by atoms with van der Waals surface area (Å²) in [6, 6.07) is 13.1. The Morgan fingerprint density at radius 3 is 1.29 bits per heavy atom. The number of hydrogen-bond donors (Lipinski definition) is 0. The summed E-state index contributed by atoms with van der Waals surface area (Å²) in [5.41, 5.74) is 4.39. The van der Waals surface area contributed by atoms with Crippen LogP contribution in [0.1, 0.15) is 11.1 Å². The maximum absolute atomic E-state index is 13.1. The summed E-state index contributed by atoms with van der Waals surface area (Å²) in [5.74, 6) is -0.466. The van der Waals surface area contributed by atoms with Crippen molar-refractivity contribution < 1.29 is 8.78 Å². The lowest BCUT2D eigenvalue weighted by Gasteiger charge is -2.00. The van der Waals surface area contributed by atoms with Gasteiger partial charge in [-0.3, -0.25) is 0 Å². The number of thiophene rings is 1. The predicted molar refractivity (Wildman–Crippen MR) is 84.6 cm³/mol. The van der Waals surface area contributed by atoms with Gasteiger partial charge in [-0.25, -0.2) is 8.78 Å². The molecule has 0 N–H and O–H groups in total. The molecular formula is C18H14F2S. The highest BCUT2D eigenvalue weighted by molar-refractivity contribution is 7.19. The van der Waals surface area contributed by atoms with Crippen LogP contribution < -0.4 is 0 Å². The van der Waals surface area contributed by atoms with E-state index in [0.717, 1.165) is 20.9 Å². The first kappa shape index (κ1) is 14.0. The standard InChI is InChI=1S/C18H14F2S/c1-11-12(2)18(14-5-9-16(20)10-6-14)21-17(11)13-3-7-15(19)8-4-13/h3-10H,1-2H3. The van der Waals surface area contributed by atoms with Crippen LogP contribution in [0, 0.1) is 25.5 Å². The fourth-order valence-corrected chi connectivity index (χ4v) is 3.67. The summed E-state index contributed by atoms with van der Waals surface area (Å²) in [5, 5.41) is 0. The lowest BCUT2D eigenvalue weighted by molar-refractivity contribution is 0.627. The zero-order valence-corrected chi connectivity index (χ0v) is 12.6. The van der Waals surface area contributed by atoms with Crippen LogP contribution in [0.3, 0.4) is 0 Å². The summed E-state index contributed by atoms with van der Waals surface area (Å²) < 4.78 is 26.1. The zero-order chi connectivity index (χ0) is 15.0. The summed E-state index contributed by atoms with van der Waals surface area (Å²) in [6.45, 7) is 4.13. The Labute approximate surface area is 126 Å². The van der Waals surface area contributed by atoms with Gasteiger partial charge in [0.05, 0.1) is 0 Å². The van der Waals surface area contributed by atoms with Gasteiger partial charge >= 0.3 is 0 Å². The third kappa shape index (κ3) is 2.61. The molecule has 0 aliphatic heterocycles. The Morgan fingerprint density at radius 1 is 0.619 bits per heavy atom. The quantitative estimate of drug-likeness (QED) is 0.546. The molecule has 0 aliphatic carbocycles. The summed E-state index contributed by atoms with van der Waals surface area (Å²) in [7, 11) is 0. The molecule has 2 aromatic carbocycles. The topological polar surface area (TPSA) is 0 Å². The normalized spacial score (nSPS) is 10.9. The minimum Gasteiger partial charge on any atom is -0.207 e. The lowest BCUT2D eigenvalue weighted by Crippen LogP contribution is -1.81. The van der Waals surface area contributed by atoms with Crippen molar-refractivity contribution in [3.05, 3.63) is 71.3 Å². The maximum Gasteiger partial charge on any atom is 0.123 e. The van der Waals surface area contributed by atoms with Gasteiger partial charge in [0, 0.05) is 9.75 Å². The third-order valence-corrected chi connectivity index (χ3v) is 5.15. The average molecular weight is 300 g/mol. The Bertz CT molecular complexity index is 702. The van der Waals surface area contributed by atoms with Crippen molar-refractivity contribution in [1.82, 2.24) is 0 Å². The van der Waals surface area contributed by atoms with Crippen LogP contribution in [0.15, 0.2) is 48.5 Å². The van der Waals surface area contributed by atoms with Gasteiger partial charge in [0.15, 0.2) is 0 Å². The molecule has 21 heavy (non-hydrogen) atoms. The van der Waals surface area contributed by atoms with E-state index in [1.807, 2.05) is 0 Å². The fourth-order valence-electron chi connectivity index (χ4n) is 2.35. The Balaban J connectivity index is 2.11. The highest BCUT2D eigenvalue weighted by Crippen LogP contribution is 2.41. The molecule has 0 bridgehead atoms. The first-order valence-electron chi connectivity index (χ1n) is 6.68. The minimum atomic E-state index is -0.233. The monoisotopic (exact) mass is 300 g/mol. The lowest BCUT2D eigenvalue weighted by atomic mass is 10.0. The number of rotatable bonds is 2. The van der Waals surface area contributed by atoms with Gasteiger partial charge in [0.2, 0.25) is 0 Å². The molecule has 106 valence electrons. The van der Waals surface area contributed by atoms with Crippen molar-refractivity contribution in [3.8, 4) is 20.9 Å². The molecule has 0 nitrogen and oxygen atoms in total.